The summed E-state index contributed by atoms with van der Waals surface area (Å²) in [6.07, 6.45) is 5.65. The number of hydrogen-bond acceptors (Lipinski definition) is 3. The summed E-state index contributed by atoms with van der Waals surface area (Å²) in [7, 11) is 1.68. The maximum absolute atomic E-state index is 13.3. The lowest BCUT2D eigenvalue weighted by Gasteiger charge is -2.20. The Morgan fingerprint density at radius 1 is 1.32 bits per heavy atom. The molecular formula is C20H32FIN4O2. The van der Waals surface area contributed by atoms with Gasteiger partial charge in [-0.05, 0) is 31.4 Å². The molecule has 2 rings (SSSR count). The van der Waals surface area contributed by atoms with Crippen LogP contribution in [0.3, 0.4) is 0 Å². The summed E-state index contributed by atoms with van der Waals surface area (Å²) in [5, 5.41) is 9.40. The third-order valence-electron chi connectivity index (χ3n) is 4.64. The number of ether oxygens (including phenoxy) is 1. The predicted molar refractivity (Wildman–Crippen MR) is 121 cm³/mol. The minimum atomic E-state index is -0.316. The summed E-state index contributed by atoms with van der Waals surface area (Å²) < 4.78 is 19.1. The first kappa shape index (κ1) is 24.5. The monoisotopic (exact) mass is 506 g/mol. The quantitative estimate of drug-likeness (QED) is 0.273. The van der Waals surface area contributed by atoms with Crippen molar-refractivity contribution in [3.63, 3.8) is 0 Å². The van der Waals surface area contributed by atoms with Gasteiger partial charge in [-0.1, -0.05) is 25.8 Å². The van der Waals surface area contributed by atoms with Crippen LogP contribution in [0, 0.1) is 5.82 Å². The molecule has 1 saturated carbocycles. The molecule has 0 saturated heterocycles. The van der Waals surface area contributed by atoms with E-state index in [0.717, 1.165) is 19.3 Å². The number of nitrogens with one attached hydrogen (secondary N) is 3. The minimum absolute atomic E-state index is 0. The fourth-order valence-electron chi connectivity index (χ4n) is 3.10. The molecule has 0 heterocycles. The largest absolute Gasteiger partial charge is 0.489 e. The predicted octanol–water partition coefficient (Wildman–Crippen LogP) is 3.22. The van der Waals surface area contributed by atoms with Crippen molar-refractivity contribution in [1.82, 2.24) is 16.0 Å². The first-order valence-corrected chi connectivity index (χ1v) is 9.76. The molecule has 0 aromatic heterocycles. The molecule has 0 bridgehead atoms. The molecule has 0 spiro atoms. The van der Waals surface area contributed by atoms with Crippen LogP contribution in [0.4, 0.5) is 4.39 Å². The fourth-order valence-corrected chi connectivity index (χ4v) is 3.10. The molecule has 0 aliphatic heterocycles. The zero-order valence-corrected chi connectivity index (χ0v) is 19.0. The highest BCUT2D eigenvalue weighted by Gasteiger charge is 2.16. The normalized spacial score (nSPS) is 15.5. The van der Waals surface area contributed by atoms with Crippen molar-refractivity contribution in [3.8, 4) is 5.75 Å². The van der Waals surface area contributed by atoms with Crippen molar-refractivity contribution in [2.45, 2.75) is 57.6 Å². The molecule has 3 N–H and O–H groups in total. The molecule has 8 heteroatoms. The number of nitrogens with zero attached hydrogens (tertiary/aromatic N) is 1. The average molecular weight is 506 g/mol. The molecule has 1 aromatic rings. The third kappa shape index (κ3) is 9.07. The highest BCUT2D eigenvalue weighted by atomic mass is 127. The molecule has 1 atom stereocenters. The van der Waals surface area contributed by atoms with E-state index in [2.05, 4.69) is 20.9 Å². The van der Waals surface area contributed by atoms with E-state index < -0.39 is 0 Å². The van der Waals surface area contributed by atoms with Gasteiger partial charge in [0.1, 0.15) is 17.7 Å². The van der Waals surface area contributed by atoms with E-state index in [1.807, 2.05) is 6.92 Å². The first-order valence-electron chi connectivity index (χ1n) is 9.76. The lowest BCUT2D eigenvalue weighted by atomic mass is 10.2. The summed E-state index contributed by atoms with van der Waals surface area (Å²) >= 11 is 0. The van der Waals surface area contributed by atoms with Crippen LogP contribution in [-0.4, -0.2) is 44.1 Å². The van der Waals surface area contributed by atoms with Gasteiger partial charge < -0.3 is 20.7 Å². The number of carbonyl (C=O) groups is 1. The van der Waals surface area contributed by atoms with E-state index in [-0.39, 0.29) is 41.8 Å². The standard InChI is InChI=1S/C20H31FN4O2.HI/c1-3-17(27-18-10-6-7-15(21)13-18)14-24-20(22-2)23-12-11-19(26)25-16-8-4-5-9-16;/h6-7,10,13,16-17H,3-5,8-9,11-12,14H2,1-2H3,(H,25,26)(H2,22,23,24);1H. The number of hydrogen-bond donors (Lipinski definition) is 3. The van der Waals surface area contributed by atoms with Crippen molar-refractivity contribution < 1.29 is 13.9 Å². The van der Waals surface area contributed by atoms with Crippen molar-refractivity contribution in [2.75, 3.05) is 20.1 Å². The second-order valence-corrected chi connectivity index (χ2v) is 6.78. The number of rotatable bonds is 9. The van der Waals surface area contributed by atoms with Gasteiger partial charge in [-0.25, -0.2) is 4.39 Å². The van der Waals surface area contributed by atoms with Crippen molar-refractivity contribution >= 4 is 35.8 Å². The molecule has 1 unspecified atom stereocenters. The lowest BCUT2D eigenvalue weighted by Crippen LogP contribution is -2.43. The molecule has 28 heavy (non-hydrogen) atoms. The van der Waals surface area contributed by atoms with Gasteiger partial charge in [-0.15, -0.1) is 24.0 Å². The van der Waals surface area contributed by atoms with Gasteiger partial charge in [0.25, 0.3) is 0 Å². The maximum Gasteiger partial charge on any atom is 0.221 e. The molecule has 1 fully saturated rings. The molecule has 1 aromatic carbocycles. The smallest absolute Gasteiger partial charge is 0.221 e. The van der Waals surface area contributed by atoms with Crippen molar-refractivity contribution in [2.24, 2.45) is 4.99 Å². The molecular weight excluding hydrogens is 474 g/mol. The number of aliphatic imine (C=N–C) groups is 1. The van der Waals surface area contributed by atoms with Crippen LogP contribution >= 0.6 is 24.0 Å². The molecule has 0 radical (unpaired) electrons. The van der Waals surface area contributed by atoms with Gasteiger partial charge in [0, 0.05) is 32.1 Å². The minimum Gasteiger partial charge on any atom is -0.489 e. The Bertz CT molecular complexity index is 624. The van der Waals surface area contributed by atoms with Crippen LogP contribution in [0.25, 0.3) is 0 Å². The first-order chi connectivity index (χ1) is 13.1. The Morgan fingerprint density at radius 2 is 2.07 bits per heavy atom. The van der Waals surface area contributed by atoms with Crippen LogP contribution in [0.2, 0.25) is 0 Å². The summed E-state index contributed by atoms with van der Waals surface area (Å²) in [5.74, 6) is 0.884. The number of halogens is 2. The average Bonchev–Trinajstić information content (AvgIpc) is 3.16. The summed E-state index contributed by atoms with van der Waals surface area (Å²) in [6.45, 7) is 3.05. The van der Waals surface area contributed by atoms with E-state index in [4.69, 9.17) is 4.74 Å². The highest BCUT2D eigenvalue weighted by Crippen LogP contribution is 2.17. The van der Waals surface area contributed by atoms with E-state index in [9.17, 15) is 9.18 Å². The van der Waals surface area contributed by atoms with E-state index in [1.54, 1.807) is 19.2 Å². The van der Waals surface area contributed by atoms with Crippen LogP contribution < -0.4 is 20.7 Å². The second kappa shape index (κ2) is 13.6. The highest BCUT2D eigenvalue weighted by molar-refractivity contribution is 14.0. The Labute approximate surface area is 184 Å². The molecule has 1 aliphatic rings. The van der Waals surface area contributed by atoms with E-state index in [0.29, 0.717) is 37.3 Å². The van der Waals surface area contributed by atoms with Gasteiger partial charge >= 0.3 is 0 Å². The van der Waals surface area contributed by atoms with Gasteiger partial charge in [0.05, 0.1) is 6.54 Å². The zero-order chi connectivity index (χ0) is 19.5. The third-order valence-corrected chi connectivity index (χ3v) is 4.64. The Morgan fingerprint density at radius 3 is 2.71 bits per heavy atom. The number of guanidine groups is 1. The lowest BCUT2D eigenvalue weighted by molar-refractivity contribution is -0.121. The summed E-state index contributed by atoms with van der Waals surface area (Å²) in [6, 6.07) is 6.48. The van der Waals surface area contributed by atoms with Crippen LogP contribution in [0.1, 0.15) is 45.4 Å². The molecule has 158 valence electrons. The molecule has 1 aliphatic carbocycles. The molecule has 1 amide bonds. The number of carbonyl (C=O) groups excluding carboxylic acids is 1. The van der Waals surface area contributed by atoms with Gasteiger partial charge in [0.15, 0.2) is 5.96 Å². The Kier molecular flexibility index (Phi) is 11.9. The summed E-state index contributed by atoms with van der Waals surface area (Å²) in [4.78, 5) is 16.1. The second-order valence-electron chi connectivity index (χ2n) is 6.78. The van der Waals surface area contributed by atoms with Gasteiger partial charge in [-0.2, -0.15) is 0 Å². The van der Waals surface area contributed by atoms with Gasteiger partial charge in [0.2, 0.25) is 5.91 Å². The Hall–Kier alpha value is -1.58. The SMILES string of the molecule is CCC(CNC(=NC)NCCC(=O)NC1CCCC1)Oc1cccc(F)c1.I. The molecule has 6 nitrogen and oxygen atoms in total. The summed E-state index contributed by atoms with van der Waals surface area (Å²) in [5.41, 5.74) is 0. The Balaban J connectivity index is 0.00000392. The number of benzene rings is 1. The van der Waals surface area contributed by atoms with Crippen molar-refractivity contribution in [1.29, 1.82) is 0 Å². The van der Waals surface area contributed by atoms with Crippen LogP contribution in [0.5, 0.6) is 5.75 Å². The van der Waals surface area contributed by atoms with Crippen LogP contribution in [0.15, 0.2) is 29.3 Å². The van der Waals surface area contributed by atoms with Crippen molar-refractivity contribution in [3.05, 3.63) is 30.1 Å². The zero-order valence-electron chi connectivity index (χ0n) is 16.7. The fraction of sp³-hybridized carbons (Fsp3) is 0.600. The van der Waals surface area contributed by atoms with E-state index in [1.165, 1.54) is 25.0 Å². The van der Waals surface area contributed by atoms with Gasteiger partial charge in [-0.3, -0.25) is 9.79 Å². The van der Waals surface area contributed by atoms with E-state index >= 15 is 0 Å². The maximum atomic E-state index is 13.3. The number of amides is 1. The van der Waals surface area contributed by atoms with Crippen LogP contribution in [-0.2, 0) is 4.79 Å². The topological polar surface area (TPSA) is 74.8 Å².